The van der Waals surface area contributed by atoms with Crippen LogP contribution in [0, 0.1) is 12.8 Å². The lowest BCUT2D eigenvalue weighted by Crippen LogP contribution is -2.34. The van der Waals surface area contributed by atoms with Crippen LogP contribution < -0.4 is 20.3 Å². The molecule has 0 radical (unpaired) electrons. The molecule has 29 heavy (non-hydrogen) atoms. The maximum atomic E-state index is 12.4. The molecule has 2 heterocycles. The van der Waals surface area contributed by atoms with Gasteiger partial charge in [-0.05, 0) is 62.8 Å². The Morgan fingerprint density at radius 3 is 2.72 bits per heavy atom. The van der Waals surface area contributed by atoms with Gasteiger partial charge in [-0.3, -0.25) is 4.79 Å². The molecule has 156 valence electrons. The van der Waals surface area contributed by atoms with Gasteiger partial charge in [0.15, 0.2) is 0 Å². The van der Waals surface area contributed by atoms with Gasteiger partial charge in [-0.2, -0.15) is 0 Å². The van der Waals surface area contributed by atoms with E-state index in [0.29, 0.717) is 12.3 Å². The molecule has 3 rings (SSSR count). The Bertz CT molecular complexity index is 819. The Hall–Kier alpha value is -2.83. The number of piperidine rings is 1. The highest BCUT2D eigenvalue weighted by Gasteiger charge is 2.21. The second-order valence-corrected chi connectivity index (χ2v) is 7.49. The molecule has 1 aromatic carbocycles. The van der Waals surface area contributed by atoms with E-state index in [4.69, 9.17) is 4.74 Å². The van der Waals surface area contributed by atoms with Gasteiger partial charge in [0, 0.05) is 37.8 Å². The Morgan fingerprint density at radius 2 is 2.03 bits per heavy atom. The van der Waals surface area contributed by atoms with Gasteiger partial charge in [0.25, 0.3) is 0 Å². The maximum Gasteiger partial charge on any atom is 0.224 e. The molecule has 2 aromatic rings. The molecule has 0 unspecified atom stereocenters. The number of hydrogen-bond donors (Lipinski definition) is 2. The number of nitrogens with zero attached hydrogens (tertiary/aromatic N) is 3. The van der Waals surface area contributed by atoms with Gasteiger partial charge in [-0.25, -0.2) is 9.97 Å². The Labute approximate surface area is 172 Å². The number of aromatic nitrogens is 2. The fourth-order valence-electron chi connectivity index (χ4n) is 3.70. The molecular weight excluding hydrogens is 366 g/mol. The van der Waals surface area contributed by atoms with E-state index in [1.54, 1.807) is 13.4 Å². The summed E-state index contributed by atoms with van der Waals surface area (Å²) in [6.07, 6.45) is 5.24. The van der Waals surface area contributed by atoms with Crippen LogP contribution in [-0.2, 0) is 4.79 Å². The Kier molecular flexibility index (Phi) is 7.27. The molecule has 1 saturated heterocycles. The number of ether oxygens (including phenoxy) is 1. The normalized spacial score (nSPS) is 14.5. The number of amides is 1. The largest absolute Gasteiger partial charge is 0.497 e. The van der Waals surface area contributed by atoms with Crippen molar-refractivity contribution in [2.24, 2.45) is 5.92 Å². The van der Waals surface area contributed by atoms with Crippen LogP contribution in [0.25, 0.3) is 0 Å². The van der Waals surface area contributed by atoms with Crippen LogP contribution in [0.4, 0.5) is 17.3 Å². The van der Waals surface area contributed by atoms with Gasteiger partial charge in [0.05, 0.1) is 7.11 Å². The average Bonchev–Trinajstić information content (AvgIpc) is 2.74. The predicted octanol–water partition coefficient (Wildman–Crippen LogP) is 3.86. The predicted molar refractivity (Wildman–Crippen MR) is 117 cm³/mol. The van der Waals surface area contributed by atoms with Gasteiger partial charge in [0.1, 0.15) is 23.7 Å². The molecule has 1 aliphatic rings. The summed E-state index contributed by atoms with van der Waals surface area (Å²) in [5.74, 6) is 3.29. The van der Waals surface area contributed by atoms with Crippen LogP contribution in [0.5, 0.6) is 5.75 Å². The molecule has 7 nitrogen and oxygen atoms in total. The fourth-order valence-corrected chi connectivity index (χ4v) is 3.70. The van der Waals surface area contributed by atoms with Gasteiger partial charge < -0.3 is 20.3 Å². The average molecular weight is 398 g/mol. The molecule has 1 fully saturated rings. The van der Waals surface area contributed by atoms with Crippen molar-refractivity contribution in [1.82, 2.24) is 9.97 Å². The minimum atomic E-state index is 0.0757. The van der Waals surface area contributed by atoms with Crippen molar-refractivity contribution in [2.45, 2.75) is 39.5 Å². The van der Waals surface area contributed by atoms with Crippen molar-refractivity contribution in [3.05, 3.63) is 36.2 Å². The lowest BCUT2D eigenvalue weighted by Gasteiger charge is -2.32. The second-order valence-electron chi connectivity index (χ2n) is 7.49. The molecule has 1 amide bonds. The van der Waals surface area contributed by atoms with E-state index in [-0.39, 0.29) is 5.91 Å². The molecule has 0 spiro atoms. The summed E-state index contributed by atoms with van der Waals surface area (Å²) in [7, 11) is 1.64. The first-order valence-electron chi connectivity index (χ1n) is 10.3. The topological polar surface area (TPSA) is 79.4 Å². The van der Waals surface area contributed by atoms with E-state index in [9.17, 15) is 4.79 Å². The van der Waals surface area contributed by atoms with Crippen molar-refractivity contribution in [3.63, 3.8) is 0 Å². The summed E-state index contributed by atoms with van der Waals surface area (Å²) < 4.78 is 5.21. The molecular formula is C22H31N5O2. The third-order valence-electron chi connectivity index (χ3n) is 5.44. The first-order valence-corrected chi connectivity index (χ1v) is 10.3. The van der Waals surface area contributed by atoms with Crippen LogP contribution in [0.3, 0.4) is 0 Å². The van der Waals surface area contributed by atoms with Crippen molar-refractivity contribution in [3.8, 4) is 5.75 Å². The zero-order chi connectivity index (χ0) is 20.6. The molecule has 1 aromatic heterocycles. The van der Waals surface area contributed by atoms with Crippen molar-refractivity contribution < 1.29 is 9.53 Å². The molecule has 2 N–H and O–H groups in total. The number of anilines is 3. The third-order valence-corrected chi connectivity index (χ3v) is 5.44. The van der Waals surface area contributed by atoms with Crippen LogP contribution in [0.2, 0.25) is 0 Å². The summed E-state index contributed by atoms with van der Waals surface area (Å²) in [5.41, 5.74) is 1.86. The van der Waals surface area contributed by atoms with E-state index in [0.717, 1.165) is 67.5 Å². The molecule has 0 bridgehead atoms. The lowest BCUT2D eigenvalue weighted by atomic mass is 9.92. The molecule has 0 atom stereocenters. The monoisotopic (exact) mass is 397 g/mol. The number of carbonyl (C=O) groups excluding carboxylic acids is 1. The number of carbonyl (C=O) groups is 1. The first kappa shape index (κ1) is 20.9. The van der Waals surface area contributed by atoms with E-state index in [1.165, 1.54) is 0 Å². The lowest BCUT2D eigenvalue weighted by molar-refractivity contribution is -0.116. The summed E-state index contributed by atoms with van der Waals surface area (Å²) in [6, 6.07) is 7.70. The first-order chi connectivity index (χ1) is 14.1. The molecule has 0 saturated carbocycles. The summed E-state index contributed by atoms with van der Waals surface area (Å²) in [5, 5.41) is 6.25. The van der Waals surface area contributed by atoms with Crippen molar-refractivity contribution in [2.75, 3.05) is 42.3 Å². The highest BCUT2D eigenvalue weighted by atomic mass is 16.5. The van der Waals surface area contributed by atoms with Crippen LogP contribution in [0.15, 0.2) is 30.6 Å². The number of nitrogens with one attached hydrogen (secondary N) is 2. The van der Waals surface area contributed by atoms with E-state index in [2.05, 4.69) is 32.4 Å². The molecule has 1 aliphatic heterocycles. The van der Waals surface area contributed by atoms with Crippen LogP contribution in [-0.4, -0.2) is 42.6 Å². The van der Waals surface area contributed by atoms with Crippen LogP contribution >= 0.6 is 0 Å². The van der Waals surface area contributed by atoms with Crippen molar-refractivity contribution >= 4 is 23.2 Å². The summed E-state index contributed by atoms with van der Waals surface area (Å²) in [4.78, 5) is 23.3. The standard InChI is InChI=1S/C22H31N5O2/c1-4-23-20-14-21(25-15-24-20)27-11-9-17(10-12-27)5-8-22(28)26-19-7-6-18(29-3)13-16(19)2/h6-7,13-15,17H,4-5,8-12H2,1-3H3,(H,26,28)(H,23,24,25). The van der Waals surface area contributed by atoms with Crippen molar-refractivity contribution in [1.29, 1.82) is 0 Å². The summed E-state index contributed by atoms with van der Waals surface area (Å²) in [6.45, 7) is 6.80. The van der Waals surface area contributed by atoms with Gasteiger partial charge in [-0.15, -0.1) is 0 Å². The van der Waals surface area contributed by atoms with Gasteiger partial charge in [0.2, 0.25) is 5.91 Å². The molecule has 0 aliphatic carbocycles. The minimum Gasteiger partial charge on any atom is -0.497 e. The Balaban J connectivity index is 1.44. The highest BCUT2D eigenvalue weighted by molar-refractivity contribution is 5.91. The second kappa shape index (κ2) is 10.1. The number of methoxy groups -OCH3 is 1. The number of aryl methyl sites for hydroxylation is 1. The van der Waals surface area contributed by atoms with Crippen LogP contribution in [0.1, 0.15) is 38.2 Å². The smallest absolute Gasteiger partial charge is 0.224 e. The minimum absolute atomic E-state index is 0.0757. The zero-order valence-corrected chi connectivity index (χ0v) is 17.6. The Morgan fingerprint density at radius 1 is 1.24 bits per heavy atom. The quantitative estimate of drug-likeness (QED) is 0.704. The summed E-state index contributed by atoms with van der Waals surface area (Å²) >= 11 is 0. The number of rotatable bonds is 8. The van der Waals surface area contributed by atoms with Gasteiger partial charge in [-0.1, -0.05) is 0 Å². The number of hydrogen-bond acceptors (Lipinski definition) is 6. The molecule has 7 heteroatoms. The SMILES string of the molecule is CCNc1cc(N2CCC(CCC(=O)Nc3ccc(OC)cc3C)CC2)ncn1. The van der Waals surface area contributed by atoms with E-state index < -0.39 is 0 Å². The zero-order valence-electron chi connectivity index (χ0n) is 17.6. The maximum absolute atomic E-state index is 12.4. The highest BCUT2D eigenvalue weighted by Crippen LogP contribution is 2.26. The number of benzene rings is 1. The third kappa shape index (κ3) is 5.82. The fraction of sp³-hybridized carbons (Fsp3) is 0.500. The van der Waals surface area contributed by atoms with E-state index in [1.807, 2.05) is 31.2 Å². The van der Waals surface area contributed by atoms with Gasteiger partial charge >= 0.3 is 0 Å². The van der Waals surface area contributed by atoms with E-state index >= 15 is 0 Å².